The fraction of sp³-hybridized carbons (Fsp3) is 0.333. The third kappa shape index (κ3) is 5.02. The molecule has 0 aromatic heterocycles. The van der Waals surface area contributed by atoms with Crippen molar-refractivity contribution in [1.82, 2.24) is 4.31 Å². The molecule has 1 saturated heterocycles. The van der Waals surface area contributed by atoms with Gasteiger partial charge in [-0.1, -0.05) is 24.3 Å². The highest BCUT2D eigenvalue weighted by molar-refractivity contribution is 7.89. The van der Waals surface area contributed by atoms with Crippen molar-refractivity contribution in [1.29, 1.82) is 0 Å². The average molecular weight is 416 g/mol. The van der Waals surface area contributed by atoms with Crippen LogP contribution in [0.2, 0.25) is 0 Å². The number of piperidine rings is 1. The molecule has 7 nitrogen and oxygen atoms in total. The minimum atomic E-state index is -3.67. The van der Waals surface area contributed by atoms with Crippen LogP contribution in [0.5, 0.6) is 0 Å². The summed E-state index contributed by atoms with van der Waals surface area (Å²) in [6.07, 6.45) is 0.657. The number of aliphatic carboxylic acids is 1. The van der Waals surface area contributed by atoms with Gasteiger partial charge in [-0.3, -0.25) is 10.2 Å². The SMILES string of the molecule is C/C(=N/Nc1cccc(C)c1)c1cccc(S(=O)(=O)N2CCC(C(=O)O)CC2)c1. The molecule has 1 aliphatic heterocycles. The number of hydrogen-bond donors (Lipinski definition) is 2. The van der Waals surface area contributed by atoms with E-state index >= 15 is 0 Å². The van der Waals surface area contributed by atoms with E-state index in [4.69, 9.17) is 5.11 Å². The Morgan fingerprint density at radius 3 is 2.48 bits per heavy atom. The third-order valence-electron chi connectivity index (χ3n) is 5.06. The van der Waals surface area contributed by atoms with Crippen molar-refractivity contribution in [3.8, 4) is 0 Å². The lowest BCUT2D eigenvalue weighted by atomic mass is 9.99. The number of aryl methyl sites for hydroxylation is 1. The Morgan fingerprint density at radius 1 is 1.14 bits per heavy atom. The van der Waals surface area contributed by atoms with E-state index in [0.29, 0.717) is 24.1 Å². The minimum Gasteiger partial charge on any atom is -0.481 e. The summed E-state index contributed by atoms with van der Waals surface area (Å²) in [6.45, 7) is 4.24. The molecule has 1 heterocycles. The molecule has 1 aliphatic rings. The molecule has 0 amide bonds. The predicted octanol–water partition coefficient (Wildman–Crippen LogP) is 3.32. The number of hydrazone groups is 1. The van der Waals surface area contributed by atoms with Gasteiger partial charge in [0.15, 0.2) is 0 Å². The molecular formula is C21H25N3O4S. The average Bonchev–Trinajstić information content (AvgIpc) is 2.72. The van der Waals surface area contributed by atoms with Gasteiger partial charge in [-0.25, -0.2) is 8.42 Å². The standard InChI is InChI=1S/C21H25N3O4S/c1-15-5-3-7-19(13-15)23-22-16(2)18-6-4-8-20(14-18)29(27,28)24-11-9-17(10-12-24)21(25)26/h3-8,13-14,17,23H,9-12H2,1-2H3,(H,25,26)/b22-16-. The number of carboxylic acid groups (broad SMARTS) is 1. The van der Waals surface area contributed by atoms with Crippen molar-refractivity contribution in [2.75, 3.05) is 18.5 Å². The summed E-state index contributed by atoms with van der Waals surface area (Å²) < 4.78 is 27.3. The van der Waals surface area contributed by atoms with E-state index in [2.05, 4.69) is 10.5 Å². The molecule has 2 aromatic rings. The highest BCUT2D eigenvalue weighted by atomic mass is 32.2. The van der Waals surface area contributed by atoms with E-state index in [-0.39, 0.29) is 18.0 Å². The van der Waals surface area contributed by atoms with Crippen LogP contribution in [-0.4, -0.2) is 42.6 Å². The molecule has 0 spiro atoms. The zero-order valence-electron chi connectivity index (χ0n) is 16.5. The van der Waals surface area contributed by atoms with E-state index in [9.17, 15) is 13.2 Å². The van der Waals surface area contributed by atoms with Gasteiger partial charge in [0.1, 0.15) is 0 Å². The number of sulfonamides is 1. The van der Waals surface area contributed by atoms with Crippen LogP contribution in [0.25, 0.3) is 0 Å². The predicted molar refractivity (Wildman–Crippen MR) is 113 cm³/mol. The molecule has 1 fully saturated rings. The van der Waals surface area contributed by atoms with Crippen molar-refractivity contribution < 1.29 is 18.3 Å². The molecule has 0 aliphatic carbocycles. The lowest BCUT2D eigenvalue weighted by molar-refractivity contribution is -0.142. The number of benzene rings is 2. The van der Waals surface area contributed by atoms with Crippen LogP contribution in [0.4, 0.5) is 5.69 Å². The van der Waals surface area contributed by atoms with Gasteiger partial charge in [0.05, 0.1) is 22.2 Å². The summed E-state index contributed by atoms with van der Waals surface area (Å²) in [5.41, 5.74) is 6.32. The molecule has 0 atom stereocenters. The molecule has 0 radical (unpaired) electrons. The highest BCUT2D eigenvalue weighted by Crippen LogP contribution is 2.24. The van der Waals surface area contributed by atoms with E-state index in [0.717, 1.165) is 11.3 Å². The van der Waals surface area contributed by atoms with E-state index < -0.39 is 21.9 Å². The van der Waals surface area contributed by atoms with Crippen LogP contribution in [0, 0.1) is 12.8 Å². The number of anilines is 1. The summed E-state index contributed by atoms with van der Waals surface area (Å²) in [7, 11) is -3.67. The number of nitrogens with zero attached hydrogens (tertiary/aromatic N) is 2. The third-order valence-corrected chi connectivity index (χ3v) is 6.96. The van der Waals surface area contributed by atoms with Crippen LogP contribution >= 0.6 is 0 Å². The summed E-state index contributed by atoms with van der Waals surface area (Å²) in [4.78, 5) is 11.3. The smallest absolute Gasteiger partial charge is 0.306 e. The second kappa shape index (κ2) is 8.75. The molecule has 2 aromatic carbocycles. The van der Waals surface area contributed by atoms with Gasteiger partial charge < -0.3 is 5.11 Å². The Hall–Kier alpha value is -2.71. The molecule has 0 unspecified atom stereocenters. The van der Waals surface area contributed by atoms with Gasteiger partial charge in [0.25, 0.3) is 0 Å². The summed E-state index contributed by atoms with van der Waals surface area (Å²) in [6, 6.07) is 14.5. The molecule has 29 heavy (non-hydrogen) atoms. The largest absolute Gasteiger partial charge is 0.481 e. The summed E-state index contributed by atoms with van der Waals surface area (Å²) in [5, 5.41) is 13.5. The van der Waals surface area contributed by atoms with Crippen molar-refractivity contribution in [3.05, 3.63) is 59.7 Å². The Labute approximate surface area is 171 Å². The molecule has 0 bridgehead atoms. The van der Waals surface area contributed by atoms with Crippen LogP contribution in [0.1, 0.15) is 30.9 Å². The second-order valence-electron chi connectivity index (χ2n) is 7.22. The van der Waals surface area contributed by atoms with Gasteiger partial charge in [-0.2, -0.15) is 9.41 Å². The molecule has 2 N–H and O–H groups in total. The van der Waals surface area contributed by atoms with Gasteiger partial charge >= 0.3 is 5.97 Å². The quantitative estimate of drug-likeness (QED) is 0.557. The van der Waals surface area contributed by atoms with Crippen LogP contribution < -0.4 is 5.43 Å². The number of carboxylic acids is 1. The van der Waals surface area contributed by atoms with E-state index in [1.54, 1.807) is 18.2 Å². The lowest BCUT2D eigenvalue weighted by Gasteiger charge is -2.29. The van der Waals surface area contributed by atoms with Crippen LogP contribution in [-0.2, 0) is 14.8 Å². The van der Waals surface area contributed by atoms with Crippen molar-refractivity contribution in [3.63, 3.8) is 0 Å². The molecule has 3 rings (SSSR count). The Morgan fingerprint density at radius 2 is 1.83 bits per heavy atom. The normalized spacial score (nSPS) is 16.6. The number of hydrogen-bond acceptors (Lipinski definition) is 5. The minimum absolute atomic E-state index is 0.189. The Kier molecular flexibility index (Phi) is 6.34. The van der Waals surface area contributed by atoms with Crippen LogP contribution in [0.3, 0.4) is 0 Å². The van der Waals surface area contributed by atoms with Crippen molar-refractivity contribution >= 4 is 27.4 Å². The first kappa shape index (κ1) is 21.0. The van der Waals surface area contributed by atoms with E-state index in [1.807, 2.05) is 44.2 Å². The molecule has 154 valence electrons. The molecular weight excluding hydrogens is 390 g/mol. The number of rotatable bonds is 6. The van der Waals surface area contributed by atoms with Crippen LogP contribution in [0.15, 0.2) is 58.5 Å². The van der Waals surface area contributed by atoms with Gasteiger partial charge in [-0.05, 0) is 62.1 Å². The maximum absolute atomic E-state index is 13.0. The van der Waals surface area contributed by atoms with Gasteiger partial charge in [0, 0.05) is 13.1 Å². The fourth-order valence-electron chi connectivity index (χ4n) is 3.30. The monoisotopic (exact) mass is 415 g/mol. The van der Waals surface area contributed by atoms with Crippen molar-refractivity contribution in [2.24, 2.45) is 11.0 Å². The Balaban J connectivity index is 1.76. The topological polar surface area (TPSA) is 99.1 Å². The first-order chi connectivity index (χ1) is 13.8. The highest BCUT2D eigenvalue weighted by Gasteiger charge is 2.32. The van der Waals surface area contributed by atoms with Gasteiger partial charge in [0.2, 0.25) is 10.0 Å². The lowest BCUT2D eigenvalue weighted by Crippen LogP contribution is -2.40. The zero-order chi connectivity index (χ0) is 21.0. The number of nitrogens with one attached hydrogen (secondary N) is 1. The van der Waals surface area contributed by atoms with Crippen molar-refractivity contribution in [2.45, 2.75) is 31.6 Å². The Bertz CT molecular complexity index is 1030. The van der Waals surface area contributed by atoms with Gasteiger partial charge in [-0.15, -0.1) is 0 Å². The summed E-state index contributed by atoms with van der Waals surface area (Å²) in [5.74, 6) is -1.34. The number of carbonyl (C=O) groups is 1. The first-order valence-corrected chi connectivity index (χ1v) is 10.9. The first-order valence-electron chi connectivity index (χ1n) is 9.48. The second-order valence-corrected chi connectivity index (χ2v) is 9.16. The molecule has 0 saturated carbocycles. The maximum atomic E-state index is 13.0. The maximum Gasteiger partial charge on any atom is 0.306 e. The fourth-order valence-corrected chi connectivity index (χ4v) is 4.82. The zero-order valence-corrected chi connectivity index (χ0v) is 17.3. The molecule has 8 heteroatoms. The van der Waals surface area contributed by atoms with E-state index in [1.165, 1.54) is 4.31 Å². The summed E-state index contributed by atoms with van der Waals surface area (Å²) >= 11 is 0.